The molecule has 0 spiro atoms. The van der Waals surface area contributed by atoms with Crippen LogP contribution in [0.5, 0.6) is 0 Å². The second-order valence-corrected chi connectivity index (χ2v) is 5.55. The van der Waals surface area contributed by atoms with Crippen LogP contribution in [0, 0.1) is 6.92 Å². The van der Waals surface area contributed by atoms with Crippen LogP contribution in [0.1, 0.15) is 37.7 Å². The second-order valence-electron chi connectivity index (χ2n) is 5.15. The molecule has 0 radical (unpaired) electrons. The second kappa shape index (κ2) is 6.92. The fraction of sp³-hybridized carbons (Fsp3) is 0.533. The lowest BCUT2D eigenvalue weighted by molar-refractivity contribution is -0.116. The van der Waals surface area contributed by atoms with E-state index in [0.29, 0.717) is 17.5 Å². The van der Waals surface area contributed by atoms with E-state index in [1.807, 2.05) is 25.1 Å². The van der Waals surface area contributed by atoms with Gasteiger partial charge in [-0.25, -0.2) is 0 Å². The van der Waals surface area contributed by atoms with Gasteiger partial charge in [-0.1, -0.05) is 30.5 Å². The third-order valence-corrected chi connectivity index (χ3v) is 4.09. The molecule has 19 heavy (non-hydrogen) atoms. The van der Waals surface area contributed by atoms with E-state index in [9.17, 15) is 4.79 Å². The quantitative estimate of drug-likeness (QED) is 0.867. The Morgan fingerprint density at radius 1 is 1.37 bits per heavy atom. The molecule has 1 aliphatic carbocycles. The van der Waals surface area contributed by atoms with Crippen molar-refractivity contribution in [2.75, 3.05) is 11.9 Å². The number of carbonyl (C=O) groups excluding carboxylic acids is 1. The molecule has 104 valence electrons. The third-order valence-electron chi connectivity index (χ3n) is 3.68. The van der Waals surface area contributed by atoms with Gasteiger partial charge in [-0.3, -0.25) is 4.79 Å². The van der Waals surface area contributed by atoms with Crippen molar-refractivity contribution < 1.29 is 4.79 Å². The number of hydrogen-bond acceptors (Lipinski definition) is 2. The van der Waals surface area contributed by atoms with Gasteiger partial charge in [0.1, 0.15) is 0 Å². The molecule has 0 atom stereocenters. The van der Waals surface area contributed by atoms with Crippen LogP contribution < -0.4 is 10.6 Å². The summed E-state index contributed by atoms with van der Waals surface area (Å²) in [5, 5.41) is 7.03. The minimum absolute atomic E-state index is 0.0378. The summed E-state index contributed by atoms with van der Waals surface area (Å²) >= 11 is 6.02. The van der Waals surface area contributed by atoms with Gasteiger partial charge in [0.15, 0.2) is 0 Å². The van der Waals surface area contributed by atoms with Crippen LogP contribution in [-0.4, -0.2) is 18.5 Å². The Kier molecular flexibility index (Phi) is 5.23. The van der Waals surface area contributed by atoms with Crippen LogP contribution >= 0.6 is 11.6 Å². The van der Waals surface area contributed by atoms with Gasteiger partial charge in [0.2, 0.25) is 5.91 Å². The van der Waals surface area contributed by atoms with Crippen LogP contribution in [-0.2, 0) is 4.79 Å². The highest BCUT2D eigenvalue weighted by Gasteiger charge is 2.14. The fourth-order valence-electron chi connectivity index (χ4n) is 2.48. The minimum atomic E-state index is 0.0378. The number of carbonyl (C=O) groups is 1. The molecule has 1 aliphatic rings. The standard InChI is InChI=1S/C15H21ClN2O/c1-11-13(16)7-4-8-14(11)18-15(19)9-10-17-12-5-2-3-6-12/h4,7-8,12,17H,2-3,5-6,9-10H2,1H3,(H,18,19). The van der Waals surface area contributed by atoms with Crippen molar-refractivity contribution in [2.24, 2.45) is 0 Å². The van der Waals surface area contributed by atoms with Crippen molar-refractivity contribution in [1.82, 2.24) is 5.32 Å². The highest BCUT2D eigenvalue weighted by Crippen LogP contribution is 2.23. The van der Waals surface area contributed by atoms with Crippen LogP contribution in [0.25, 0.3) is 0 Å². The smallest absolute Gasteiger partial charge is 0.225 e. The van der Waals surface area contributed by atoms with Crippen molar-refractivity contribution in [1.29, 1.82) is 0 Å². The zero-order valence-electron chi connectivity index (χ0n) is 11.3. The average Bonchev–Trinajstić information content (AvgIpc) is 2.88. The van der Waals surface area contributed by atoms with E-state index in [-0.39, 0.29) is 5.91 Å². The first-order chi connectivity index (χ1) is 9.16. The van der Waals surface area contributed by atoms with Gasteiger partial charge < -0.3 is 10.6 Å². The van der Waals surface area contributed by atoms with Crippen molar-refractivity contribution >= 4 is 23.2 Å². The van der Waals surface area contributed by atoms with Crippen molar-refractivity contribution in [3.8, 4) is 0 Å². The van der Waals surface area contributed by atoms with Gasteiger partial charge in [-0.05, 0) is 37.5 Å². The first-order valence-electron chi connectivity index (χ1n) is 6.95. The maximum absolute atomic E-state index is 11.9. The first-order valence-corrected chi connectivity index (χ1v) is 7.33. The third kappa shape index (κ3) is 4.22. The Hall–Kier alpha value is -1.06. The monoisotopic (exact) mass is 280 g/mol. The van der Waals surface area contributed by atoms with Crippen LogP contribution in [0.15, 0.2) is 18.2 Å². The Morgan fingerprint density at radius 2 is 2.11 bits per heavy atom. The SMILES string of the molecule is Cc1c(Cl)cccc1NC(=O)CCNC1CCCC1. The molecule has 0 heterocycles. The maximum atomic E-state index is 11.9. The summed E-state index contributed by atoms with van der Waals surface area (Å²) in [7, 11) is 0. The first kappa shape index (κ1) is 14.4. The largest absolute Gasteiger partial charge is 0.326 e. The summed E-state index contributed by atoms with van der Waals surface area (Å²) in [6.07, 6.45) is 5.61. The molecule has 3 nitrogen and oxygen atoms in total. The highest BCUT2D eigenvalue weighted by molar-refractivity contribution is 6.31. The maximum Gasteiger partial charge on any atom is 0.225 e. The number of nitrogens with one attached hydrogen (secondary N) is 2. The number of rotatable bonds is 5. The van der Waals surface area contributed by atoms with Gasteiger partial charge in [-0.15, -0.1) is 0 Å². The number of hydrogen-bond donors (Lipinski definition) is 2. The van der Waals surface area contributed by atoms with Crippen LogP contribution in [0.2, 0.25) is 5.02 Å². The number of anilines is 1. The Morgan fingerprint density at radius 3 is 2.84 bits per heavy atom. The number of halogens is 1. The van der Waals surface area contributed by atoms with Crippen LogP contribution in [0.4, 0.5) is 5.69 Å². The molecule has 2 N–H and O–H groups in total. The van der Waals surface area contributed by atoms with Gasteiger partial charge >= 0.3 is 0 Å². The van der Waals surface area contributed by atoms with E-state index in [1.54, 1.807) is 0 Å². The van der Waals surface area contributed by atoms with Crippen LogP contribution in [0.3, 0.4) is 0 Å². The molecule has 0 saturated heterocycles. The van der Waals surface area contributed by atoms with Crippen molar-refractivity contribution in [2.45, 2.75) is 45.1 Å². The lowest BCUT2D eigenvalue weighted by atomic mass is 10.2. The summed E-state index contributed by atoms with van der Waals surface area (Å²) in [5.41, 5.74) is 1.72. The molecule has 2 rings (SSSR count). The Bertz CT molecular complexity index is 442. The predicted octanol–water partition coefficient (Wildman–Crippen LogP) is 3.51. The van der Waals surface area contributed by atoms with Gasteiger partial charge in [0, 0.05) is 29.7 Å². The van der Waals surface area contributed by atoms with E-state index in [2.05, 4.69) is 10.6 Å². The average molecular weight is 281 g/mol. The van der Waals surface area contributed by atoms with Crippen molar-refractivity contribution in [3.63, 3.8) is 0 Å². The van der Waals surface area contributed by atoms with Gasteiger partial charge in [0.05, 0.1) is 0 Å². The van der Waals surface area contributed by atoms with E-state index in [1.165, 1.54) is 25.7 Å². The van der Waals surface area contributed by atoms with E-state index < -0.39 is 0 Å². The highest BCUT2D eigenvalue weighted by atomic mass is 35.5. The van der Waals surface area contributed by atoms with Gasteiger partial charge in [0.25, 0.3) is 0 Å². The normalized spacial score (nSPS) is 15.7. The lowest BCUT2D eigenvalue weighted by Crippen LogP contribution is -2.29. The summed E-state index contributed by atoms with van der Waals surface area (Å²) in [6.45, 7) is 2.66. The molecule has 1 amide bonds. The predicted molar refractivity (Wildman–Crippen MR) is 79.7 cm³/mol. The molecule has 0 aliphatic heterocycles. The molecular formula is C15H21ClN2O. The van der Waals surface area contributed by atoms with Crippen molar-refractivity contribution in [3.05, 3.63) is 28.8 Å². The number of benzene rings is 1. The van der Waals surface area contributed by atoms with Gasteiger partial charge in [-0.2, -0.15) is 0 Å². The summed E-state index contributed by atoms with van der Waals surface area (Å²) in [6, 6.07) is 6.17. The molecule has 1 aromatic rings. The molecule has 0 bridgehead atoms. The lowest BCUT2D eigenvalue weighted by Gasteiger charge is -2.12. The zero-order chi connectivity index (χ0) is 13.7. The summed E-state index contributed by atoms with van der Waals surface area (Å²) in [4.78, 5) is 11.9. The van der Waals surface area contributed by atoms with E-state index in [4.69, 9.17) is 11.6 Å². The Labute approximate surface area is 119 Å². The van der Waals surface area contributed by atoms with E-state index >= 15 is 0 Å². The molecule has 1 saturated carbocycles. The molecular weight excluding hydrogens is 260 g/mol. The molecule has 1 aromatic carbocycles. The zero-order valence-corrected chi connectivity index (χ0v) is 12.1. The fourth-order valence-corrected chi connectivity index (χ4v) is 2.65. The summed E-state index contributed by atoms with van der Waals surface area (Å²) in [5.74, 6) is 0.0378. The number of amides is 1. The Balaban J connectivity index is 1.76. The molecule has 0 aromatic heterocycles. The van der Waals surface area contributed by atoms with E-state index in [0.717, 1.165) is 17.8 Å². The molecule has 4 heteroatoms. The molecule has 1 fully saturated rings. The summed E-state index contributed by atoms with van der Waals surface area (Å²) < 4.78 is 0. The minimum Gasteiger partial charge on any atom is -0.326 e. The molecule has 0 unspecified atom stereocenters. The topological polar surface area (TPSA) is 41.1 Å².